The molecule has 0 saturated heterocycles. The summed E-state index contributed by atoms with van der Waals surface area (Å²) in [5.41, 5.74) is 2.72. The number of benzene rings is 2. The van der Waals surface area contributed by atoms with E-state index in [0.29, 0.717) is 55.0 Å². The van der Waals surface area contributed by atoms with Crippen LogP contribution in [0.1, 0.15) is 50.5 Å². The van der Waals surface area contributed by atoms with Crippen molar-refractivity contribution in [1.29, 1.82) is 0 Å². The Kier molecular flexibility index (Phi) is 11.5. The van der Waals surface area contributed by atoms with Crippen molar-refractivity contribution in [3.63, 3.8) is 0 Å². The minimum absolute atomic E-state index is 0.0122. The molecule has 1 heterocycles. The largest absolute Gasteiger partial charge is 0.383 e. The van der Waals surface area contributed by atoms with Crippen LogP contribution in [0.2, 0.25) is 0 Å². The first kappa shape index (κ1) is 32.3. The normalized spacial score (nSPS) is 13.3. The number of sulfonamides is 1. The summed E-state index contributed by atoms with van der Waals surface area (Å²) < 4.78 is 39.4. The standard InChI is InChI=1S/C30H42N4O6S/c1-7-10-27(35)34(28(20(2)3)30(36)31-17-18-39-6)19-23-13-15-24(16-14-23)25-11-8-9-12-26(25)41(37,38)33-29-21(4)22(5)40-32-29/h8-9,11-16,20,28,30-31,36H,7,10,17-19H2,1-6H3,(H,32,33)/t28-,30?/m0/s1. The molecule has 0 saturated carbocycles. The lowest BCUT2D eigenvalue weighted by molar-refractivity contribution is -0.139. The van der Waals surface area contributed by atoms with E-state index in [9.17, 15) is 18.3 Å². The summed E-state index contributed by atoms with van der Waals surface area (Å²) in [6.07, 6.45) is 0.139. The van der Waals surface area contributed by atoms with E-state index in [4.69, 9.17) is 9.26 Å². The summed E-state index contributed by atoms with van der Waals surface area (Å²) in [4.78, 5) is 15.1. The van der Waals surface area contributed by atoms with Crippen LogP contribution in [0.5, 0.6) is 0 Å². The molecule has 0 radical (unpaired) electrons. The second-order valence-electron chi connectivity index (χ2n) is 10.4. The van der Waals surface area contributed by atoms with Gasteiger partial charge in [-0.2, -0.15) is 0 Å². The molecule has 0 aliphatic heterocycles. The van der Waals surface area contributed by atoms with Crippen molar-refractivity contribution in [2.75, 3.05) is 25.0 Å². The van der Waals surface area contributed by atoms with Crippen LogP contribution in [-0.4, -0.2) is 62.0 Å². The van der Waals surface area contributed by atoms with Crippen LogP contribution >= 0.6 is 0 Å². The number of aliphatic hydroxyl groups excluding tert-OH is 1. The Balaban J connectivity index is 1.88. The van der Waals surface area contributed by atoms with E-state index in [0.717, 1.165) is 5.56 Å². The fourth-order valence-electron chi connectivity index (χ4n) is 4.66. The lowest BCUT2D eigenvalue weighted by atomic mass is 9.98. The highest BCUT2D eigenvalue weighted by Crippen LogP contribution is 2.30. The average Bonchev–Trinajstić information content (AvgIpc) is 3.25. The maximum Gasteiger partial charge on any atom is 0.263 e. The van der Waals surface area contributed by atoms with Gasteiger partial charge >= 0.3 is 0 Å². The third-order valence-corrected chi connectivity index (χ3v) is 8.39. The van der Waals surface area contributed by atoms with Crippen LogP contribution in [-0.2, 0) is 26.1 Å². The van der Waals surface area contributed by atoms with Gasteiger partial charge in [0.1, 0.15) is 12.0 Å². The quantitative estimate of drug-likeness (QED) is 0.176. The molecule has 2 aromatic carbocycles. The average molecular weight is 587 g/mol. The number of carbonyl (C=O) groups excluding carboxylic acids is 1. The molecular formula is C30H42N4O6S. The minimum Gasteiger partial charge on any atom is -0.383 e. The molecule has 2 atom stereocenters. The van der Waals surface area contributed by atoms with Gasteiger partial charge < -0.3 is 19.3 Å². The Bertz CT molecular complexity index is 1390. The fraction of sp³-hybridized carbons (Fsp3) is 0.467. The van der Waals surface area contributed by atoms with Crippen LogP contribution in [0.4, 0.5) is 5.82 Å². The lowest BCUT2D eigenvalue weighted by Gasteiger charge is -2.38. The number of anilines is 1. The summed E-state index contributed by atoms with van der Waals surface area (Å²) in [5.74, 6) is 0.643. The van der Waals surface area contributed by atoms with Crippen LogP contribution in [0.3, 0.4) is 0 Å². The van der Waals surface area contributed by atoms with Crippen LogP contribution in [0.25, 0.3) is 11.1 Å². The monoisotopic (exact) mass is 586 g/mol. The number of aryl methyl sites for hydroxylation is 1. The molecule has 0 fully saturated rings. The maximum absolute atomic E-state index is 13.3. The van der Waals surface area contributed by atoms with Crippen molar-refractivity contribution in [2.24, 2.45) is 5.92 Å². The smallest absolute Gasteiger partial charge is 0.263 e. The molecule has 3 N–H and O–H groups in total. The number of aromatic nitrogens is 1. The van der Waals surface area contributed by atoms with Gasteiger partial charge in [-0.3, -0.25) is 14.8 Å². The molecule has 0 bridgehead atoms. The van der Waals surface area contributed by atoms with Crippen LogP contribution < -0.4 is 10.0 Å². The van der Waals surface area contributed by atoms with Crippen molar-refractivity contribution in [1.82, 2.24) is 15.4 Å². The number of rotatable bonds is 15. The van der Waals surface area contributed by atoms with Gasteiger partial charge in [-0.05, 0) is 43.4 Å². The summed E-state index contributed by atoms with van der Waals surface area (Å²) in [6.45, 7) is 10.6. The second-order valence-corrected chi connectivity index (χ2v) is 12.1. The van der Waals surface area contributed by atoms with Crippen LogP contribution in [0, 0.1) is 19.8 Å². The molecule has 1 unspecified atom stereocenters. The van der Waals surface area contributed by atoms with E-state index >= 15 is 0 Å². The Hall–Kier alpha value is -3.25. The molecule has 0 spiro atoms. The van der Waals surface area contributed by atoms with Crippen LogP contribution in [0.15, 0.2) is 57.9 Å². The number of amides is 1. The van der Waals surface area contributed by atoms with Gasteiger partial charge in [-0.25, -0.2) is 8.42 Å². The summed E-state index contributed by atoms with van der Waals surface area (Å²) >= 11 is 0. The zero-order valence-electron chi connectivity index (χ0n) is 24.7. The van der Waals surface area contributed by atoms with E-state index < -0.39 is 22.3 Å². The lowest BCUT2D eigenvalue weighted by Crippen LogP contribution is -2.55. The van der Waals surface area contributed by atoms with Gasteiger partial charge in [0.25, 0.3) is 10.0 Å². The molecule has 1 aromatic heterocycles. The summed E-state index contributed by atoms with van der Waals surface area (Å²) in [5, 5.41) is 17.9. The Labute approximate surface area is 243 Å². The highest BCUT2D eigenvalue weighted by Gasteiger charge is 2.32. The first-order valence-electron chi connectivity index (χ1n) is 13.8. The van der Waals surface area contributed by atoms with Crippen molar-refractivity contribution in [3.8, 4) is 11.1 Å². The number of methoxy groups -OCH3 is 1. The van der Waals surface area contributed by atoms with Gasteiger partial charge in [0.05, 0.1) is 17.5 Å². The summed E-state index contributed by atoms with van der Waals surface area (Å²) in [7, 11) is -2.36. The zero-order valence-corrected chi connectivity index (χ0v) is 25.5. The molecular weight excluding hydrogens is 544 g/mol. The van der Waals surface area contributed by atoms with Gasteiger partial charge in [-0.15, -0.1) is 0 Å². The predicted molar refractivity (Wildman–Crippen MR) is 159 cm³/mol. The molecule has 0 aliphatic carbocycles. The SMILES string of the molecule is CCCC(=O)N(Cc1ccc(-c2ccccc2S(=O)(=O)Nc2noc(C)c2C)cc1)[C@@H](C(C)C)C(O)NCCOC. The second kappa shape index (κ2) is 14.6. The predicted octanol–water partition coefficient (Wildman–Crippen LogP) is 4.47. The highest BCUT2D eigenvalue weighted by molar-refractivity contribution is 7.92. The molecule has 10 nitrogen and oxygen atoms in total. The highest BCUT2D eigenvalue weighted by atomic mass is 32.2. The molecule has 3 rings (SSSR count). The first-order valence-corrected chi connectivity index (χ1v) is 15.3. The summed E-state index contributed by atoms with van der Waals surface area (Å²) in [6, 6.07) is 13.7. The Morgan fingerprint density at radius 2 is 1.80 bits per heavy atom. The molecule has 1 amide bonds. The first-order chi connectivity index (χ1) is 19.5. The number of hydrogen-bond donors (Lipinski definition) is 3. The van der Waals surface area contributed by atoms with Gasteiger partial charge in [0, 0.05) is 37.7 Å². The van der Waals surface area contributed by atoms with Gasteiger partial charge in [0.15, 0.2) is 5.82 Å². The van der Waals surface area contributed by atoms with Crippen molar-refractivity contribution >= 4 is 21.7 Å². The minimum atomic E-state index is -3.96. The maximum atomic E-state index is 13.3. The van der Waals surface area contributed by atoms with Crippen molar-refractivity contribution < 1.29 is 27.6 Å². The zero-order chi connectivity index (χ0) is 30.2. The van der Waals surface area contributed by atoms with Gasteiger partial charge in [0.2, 0.25) is 5.91 Å². The molecule has 41 heavy (non-hydrogen) atoms. The molecule has 3 aromatic rings. The number of ether oxygens (including phenoxy) is 1. The number of nitrogens with one attached hydrogen (secondary N) is 2. The fourth-order valence-corrected chi connectivity index (χ4v) is 5.95. The number of aliphatic hydroxyl groups is 1. The Morgan fingerprint density at radius 3 is 2.39 bits per heavy atom. The topological polar surface area (TPSA) is 134 Å². The number of carbonyl (C=O) groups is 1. The molecule has 224 valence electrons. The Morgan fingerprint density at radius 1 is 1.12 bits per heavy atom. The van der Waals surface area contributed by atoms with E-state index in [1.165, 1.54) is 0 Å². The molecule has 0 aliphatic rings. The van der Waals surface area contributed by atoms with Crippen molar-refractivity contribution in [3.05, 3.63) is 65.4 Å². The van der Waals surface area contributed by atoms with E-state index in [1.807, 2.05) is 45.0 Å². The number of hydrogen-bond acceptors (Lipinski definition) is 8. The van der Waals surface area contributed by atoms with E-state index in [1.54, 1.807) is 50.1 Å². The third kappa shape index (κ3) is 8.16. The van der Waals surface area contributed by atoms with E-state index in [2.05, 4.69) is 15.2 Å². The molecule has 11 heteroatoms. The number of nitrogens with zero attached hydrogens (tertiary/aromatic N) is 2. The van der Waals surface area contributed by atoms with E-state index in [-0.39, 0.29) is 22.5 Å². The van der Waals surface area contributed by atoms with Gasteiger partial charge in [-0.1, -0.05) is 68.4 Å². The van der Waals surface area contributed by atoms with Crippen molar-refractivity contribution in [2.45, 2.75) is 71.2 Å². The third-order valence-electron chi connectivity index (χ3n) is 6.99.